The Morgan fingerprint density at radius 3 is 2.54 bits per heavy atom. The fourth-order valence-corrected chi connectivity index (χ4v) is 2.99. The molecule has 24 heavy (non-hydrogen) atoms. The number of nitrogens with zero attached hydrogens (tertiary/aromatic N) is 3. The monoisotopic (exact) mass is 355 g/mol. The first-order chi connectivity index (χ1) is 11.3. The highest BCUT2D eigenvalue weighted by atomic mass is 32.2. The van der Waals surface area contributed by atoms with Crippen LogP contribution in [0.1, 0.15) is 0 Å². The van der Waals surface area contributed by atoms with Crippen LogP contribution in [0, 0.1) is 10.1 Å². The fraction of sp³-hybridized carbons (Fsp3) is 0.308. The summed E-state index contributed by atoms with van der Waals surface area (Å²) in [6.07, 6.45) is 1.31. The molecule has 2 rings (SSSR count). The molecule has 1 aromatic carbocycles. The van der Waals surface area contributed by atoms with Crippen LogP contribution in [-0.2, 0) is 17.1 Å². The summed E-state index contributed by atoms with van der Waals surface area (Å²) in [6.45, 7) is 0.215. The van der Waals surface area contributed by atoms with Gasteiger partial charge in [-0.3, -0.25) is 4.57 Å². The second-order valence-electron chi connectivity index (χ2n) is 4.78. The molecule has 1 heterocycles. The van der Waals surface area contributed by atoms with Gasteiger partial charge in [-0.2, -0.15) is 0 Å². The van der Waals surface area contributed by atoms with E-state index in [1.165, 1.54) is 30.1 Å². The smallest absolute Gasteiger partial charge is 0.406 e. The summed E-state index contributed by atoms with van der Waals surface area (Å²) >= 11 is 0. The number of aryl methyl sites for hydroxylation is 1. The summed E-state index contributed by atoms with van der Waals surface area (Å²) in [7, 11) is -0.573. The van der Waals surface area contributed by atoms with Gasteiger partial charge < -0.3 is 20.2 Å². The molecule has 0 radical (unpaired) electrons. The number of methoxy groups -OCH3 is 1. The van der Waals surface area contributed by atoms with Gasteiger partial charge in [-0.15, -0.1) is 0 Å². The Bertz CT molecular complexity index is 816. The maximum atomic E-state index is 12.1. The van der Waals surface area contributed by atoms with E-state index in [0.29, 0.717) is 5.75 Å². The molecule has 1 aromatic heterocycles. The number of nitro groups is 1. The van der Waals surface area contributed by atoms with E-state index in [4.69, 9.17) is 4.74 Å². The van der Waals surface area contributed by atoms with Crippen LogP contribution in [0.3, 0.4) is 0 Å². The highest BCUT2D eigenvalue weighted by Gasteiger charge is 2.19. The quantitative estimate of drug-likeness (QED) is 0.406. The number of anilines is 1. The summed E-state index contributed by atoms with van der Waals surface area (Å²) in [4.78, 5) is 14.0. The van der Waals surface area contributed by atoms with Crippen molar-refractivity contribution in [3.8, 4) is 5.75 Å². The van der Waals surface area contributed by atoms with Crippen LogP contribution in [0.25, 0.3) is 0 Å². The van der Waals surface area contributed by atoms with E-state index in [1.54, 1.807) is 19.2 Å². The van der Waals surface area contributed by atoms with Crippen LogP contribution in [0.5, 0.6) is 5.75 Å². The predicted molar refractivity (Wildman–Crippen MR) is 86.5 cm³/mol. The molecule has 0 aliphatic heterocycles. The average Bonchev–Trinajstić information content (AvgIpc) is 2.93. The Morgan fingerprint density at radius 2 is 1.96 bits per heavy atom. The molecule has 0 amide bonds. The van der Waals surface area contributed by atoms with Crippen molar-refractivity contribution in [3.63, 3.8) is 0 Å². The molecule has 0 aliphatic rings. The third-order valence-electron chi connectivity index (χ3n) is 3.17. The summed E-state index contributed by atoms with van der Waals surface area (Å²) in [6, 6.07) is 5.96. The van der Waals surface area contributed by atoms with Crippen molar-refractivity contribution in [2.24, 2.45) is 7.05 Å². The van der Waals surface area contributed by atoms with E-state index in [-0.39, 0.29) is 29.6 Å². The average molecular weight is 355 g/mol. The lowest BCUT2D eigenvalue weighted by Crippen LogP contribution is -2.29. The summed E-state index contributed by atoms with van der Waals surface area (Å²) in [5.74, 6) is 0.457. The molecule has 11 heteroatoms. The van der Waals surface area contributed by atoms with E-state index in [1.807, 2.05) is 0 Å². The van der Waals surface area contributed by atoms with Gasteiger partial charge in [0.15, 0.2) is 0 Å². The number of ether oxygens (including phenoxy) is 1. The van der Waals surface area contributed by atoms with Gasteiger partial charge in [0.2, 0.25) is 22.2 Å². The van der Waals surface area contributed by atoms with Crippen LogP contribution in [-0.4, -0.2) is 43.1 Å². The van der Waals surface area contributed by atoms with Crippen LogP contribution >= 0.6 is 0 Å². The lowest BCUT2D eigenvalue weighted by atomic mass is 10.3. The maximum absolute atomic E-state index is 12.1. The SMILES string of the molecule is COc1ccc(S(=O)(=O)NCCNc2c([N+](=O)[O-])ncn2C)cc1. The largest absolute Gasteiger partial charge is 0.497 e. The number of benzene rings is 1. The third-order valence-corrected chi connectivity index (χ3v) is 4.65. The zero-order valence-electron chi connectivity index (χ0n) is 13.1. The highest BCUT2D eigenvalue weighted by molar-refractivity contribution is 7.89. The fourth-order valence-electron chi connectivity index (χ4n) is 1.96. The number of nitrogens with one attached hydrogen (secondary N) is 2. The van der Waals surface area contributed by atoms with Crippen molar-refractivity contribution in [1.29, 1.82) is 0 Å². The molecule has 2 aromatic rings. The lowest BCUT2D eigenvalue weighted by Gasteiger charge is -2.09. The van der Waals surface area contributed by atoms with Crippen molar-refractivity contribution >= 4 is 21.7 Å². The number of sulfonamides is 1. The minimum Gasteiger partial charge on any atom is -0.497 e. The molecule has 2 N–H and O–H groups in total. The number of rotatable bonds is 8. The lowest BCUT2D eigenvalue weighted by molar-refractivity contribution is -0.388. The van der Waals surface area contributed by atoms with Crippen molar-refractivity contribution in [2.75, 3.05) is 25.5 Å². The standard InChI is InChI=1S/C13H17N5O5S/c1-17-9-15-13(18(19)20)12(17)14-7-8-16-24(21,22)11-5-3-10(23-2)4-6-11/h3-6,9,14,16H,7-8H2,1-2H3. The van der Waals surface area contributed by atoms with Gasteiger partial charge in [-0.1, -0.05) is 0 Å². The number of imidazole rings is 1. The summed E-state index contributed by atoms with van der Waals surface area (Å²) < 4.78 is 33.1. The molecular formula is C13H17N5O5S. The second-order valence-corrected chi connectivity index (χ2v) is 6.55. The van der Waals surface area contributed by atoms with Crippen molar-refractivity contribution < 1.29 is 18.1 Å². The van der Waals surface area contributed by atoms with E-state index in [0.717, 1.165) is 0 Å². The van der Waals surface area contributed by atoms with Crippen LogP contribution < -0.4 is 14.8 Å². The summed E-state index contributed by atoms with van der Waals surface area (Å²) in [5, 5.41) is 13.6. The maximum Gasteiger partial charge on any atom is 0.406 e. The van der Waals surface area contributed by atoms with E-state index in [2.05, 4.69) is 15.0 Å². The molecule has 0 spiro atoms. The normalized spacial score (nSPS) is 11.2. The molecule has 0 unspecified atom stereocenters. The zero-order valence-corrected chi connectivity index (χ0v) is 13.9. The molecule has 0 saturated heterocycles. The minimum atomic E-state index is -3.66. The molecule has 10 nitrogen and oxygen atoms in total. The van der Waals surface area contributed by atoms with Crippen LogP contribution in [0.2, 0.25) is 0 Å². The summed E-state index contributed by atoms with van der Waals surface area (Å²) in [5.41, 5.74) is 0. The zero-order chi connectivity index (χ0) is 17.7. The second kappa shape index (κ2) is 7.27. The van der Waals surface area contributed by atoms with Crippen molar-refractivity contribution in [1.82, 2.24) is 14.3 Å². The van der Waals surface area contributed by atoms with Gasteiger partial charge >= 0.3 is 5.82 Å². The van der Waals surface area contributed by atoms with Gasteiger partial charge in [-0.05, 0) is 34.2 Å². The number of aromatic nitrogens is 2. The first kappa shape index (κ1) is 17.7. The predicted octanol–water partition coefficient (Wildman–Crippen LogP) is 0.727. The van der Waals surface area contributed by atoms with Gasteiger partial charge in [0.05, 0.1) is 12.0 Å². The Kier molecular flexibility index (Phi) is 5.36. The number of hydrogen-bond donors (Lipinski definition) is 2. The van der Waals surface area contributed by atoms with Gasteiger partial charge in [0, 0.05) is 20.1 Å². The van der Waals surface area contributed by atoms with Crippen LogP contribution in [0.4, 0.5) is 11.6 Å². The molecule has 0 aliphatic carbocycles. The van der Waals surface area contributed by atoms with Crippen molar-refractivity contribution in [3.05, 3.63) is 40.7 Å². The van der Waals surface area contributed by atoms with E-state index in [9.17, 15) is 18.5 Å². The van der Waals surface area contributed by atoms with Gasteiger partial charge in [0.1, 0.15) is 5.75 Å². The Hall–Kier alpha value is -2.66. The Labute approximate surface area is 138 Å². The molecule has 0 saturated carbocycles. The first-order valence-corrected chi connectivity index (χ1v) is 8.37. The van der Waals surface area contributed by atoms with Crippen LogP contribution in [0.15, 0.2) is 35.5 Å². The van der Waals surface area contributed by atoms with Crippen molar-refractivity contribution in [2.45, 2.75) is 4.90 Å². The van der Waals surface area contributed by atoms with E-state index < -0.39 is 14.9 Å². The minimum absolute atomic E-state index is 0.0523. The molecule has 130 valence electrons. The topological polar surface area (TPSA) is 128 Å². The molecular weight excluding hydrogens is 338 g/mol. The van der Waals surface area contributed by atoms with Gasteiger partial charge in [0.25, 0.3) is 0 Å². The third kappa shape index (κ3) is 4.00. The highest BCUT2D eigenvalue weighted by Crippen LogP contribution is 2.20. The molecule has 0 atom stereocenters. The van der Waals surface area contributed by atoms with Gasteiger partial charge in [-0.25, -0.2) is 13.1 Å². The molecule has 0 fully saturated rings. The Morgan fingerprint density at radius 1 is 1.29 bits per heavy atom. The van der Waals surface area contributed by atoms with E-state index >= 15 is 0 Å². The molecule has 0 bridgehead atoms. The first-order valence-electron chi connectivity index (χ1n) is 6.88. The Balaban J connectivity index is 1.94. The number of hydrogen-bond acceptors (Lipinski definition) is 7.